The van der Waals surface area contributed by atoms with Crippen LogP contribution in [0.1, 0.15) is 11.1 Å². The van der Waals surface area contributed by atoms with Crippen LogP contribution in [-0.4, -0.2) is 33.3 Å². The summed E-state index contributed by atoms with van der Waals surface area (Å²) in [5.41, 5.74) is 1.46. The van der Waals surface area contributed by atoms with Crippen LogP contribution in [0.15, 0.2) is 48.5 Å². The number of phenols is 1. The number of nitrogens with one attached hydrogen (secondary N) is 2. The summed E-state index contributed by atoms with van der Waals surface area (Å²) in [6.45, 7) is 0. The molecular formula is C16H16ClN3O6S2. The number of aliphatic hydroxyl groups is 1. The van der Waals surface area contributed by atoms with Gasteiger partial charge in [-0.15, -0.1) is 0 Å². The third-order valence-electron chi connectivity index (χ3n) is 3.77. The zero-order valence-electron chi connectivity index (χ0n) is 14.4. The van der Waals surface area contributed by atoms with Crippen LogP contribution in [0, 0.1) is 0 Å². The Morgan fingerprint density at radius 2 is 1.89 bits per heavy atom. The number of rotatable bonds is 5. The molecular weight excluding hydrogens is 430 g/mol. The minimum atomic E-state index is -4.03. The van der Waals surface area contributed by atoms with Crippen molar-refractivity contribution in [1.82, 2.24) is 4.72 Å². The van der Waals surface area contributed by atoms with Gasteiger partial charge >= 0.3 is 10.2 Å². The zero-order valence-corrected chi connectivity index (χ0v) is 16.8. The van der Waals surface area contributed by atoms with E-state index in [2.05, 4.69) is 4.72 Å². The maximum Gasteiger partial charge on any atom is 0.330 e. The van der Waals surface area contributed by atoms with Gasteiger partial charge in [-0.1, -0.05) is 23.7 Å². The average Bonchev–Trinajstić information content (AvgIpc) is 2.81. The molecule has 2 aromatic carbocycles. The molecule has 0 aliphatic carbocycles. The number of nitrogens with zero attached hydrogens (tertiary/aromatic N) is 1. The quantitative estimate of drug-likeness (QED) is 0.555. The molecule has 150 valence electrons. The number of hydrogen-bond donors (Lipinski definition) is 4. The van der Waals surface area contributed by atoms with E-state index in [4.69, 9.17) is 11.6 Å². The van der Waals surface area contributed by atoms with Crippen LogP contribution in [-0.2, 0) is 26.7 Å². The van der Waals surface area contributed by atoms with Crippen molar-refractivity contribution in [2.24, 2.45) is 0 Å². The number of hydrogen-bond acceptors (Lipinski definition) is 6. The molecule has 2 aromatic rings. The first kappa shape index (κ1) is 20.1. The van der Waals surface area contributed by atoms with Crippen molar-refractivity contribution in [2.75, 3.05) is 15.3 Å². The Morgan fingerprint density at radius 1 is 1.18 bits per heavy atom. The zero-order chi connectivity index (χ0) is 20.7. The molecule has 3 rings (SSSR count). The summed E-state index contributed by atoms with van der Waals surface area (Å²) < 4.78 is 52.0. The van der Waals surface area contributed by atoms with E-state index in [0.29, 0.717) is 26.1 Å². The maximum absolute atomic E-state index is 11.9. The number of phenolic OH excluding ortho intramolecular Hbond substituents is 1. The molecule has 0 saturated heterocycles. The van der Waals surface area contributed by atoms with Crippen LogP contribution < -0.4 is 13.7 Å². The van der Waals surface area contributed by atoms with Crippen molar-refractivity contribution in [3.05, 3.63) is 64.6 Å². The van der Waals surface area contributed by atoms with Gasteiger partial charge in [-0.05, 0) is 41.8 Å². The number of aromatic hydroxyl groups is 1. The van der Waals surface area contributed by atoms with E-state index in [1.54, 1.807) is 18.2 Å². The molecule has 0 bridgehead atoms. The van der Waals surface area contributed by atoms with Gasteiger partial charge in [0.05, 0.1) is 18.1 Å². The van der Waals surface area contributed by atoms with Crippen molar-refractivity contribution < 1.29 is 27.0 Å². The maximum atomic E-state index is 11.9. The van der Waals surface area contributed by atoms with Gasteiger partial charge in [0, 0.05) is 5.02 Å². The molecule has 1 heterocycles. The molecule has 9 nitrogen and oxygen atoms in total. The molecule has 0 spiro atoms. The standard InChI is InChI=1S/C16H16ClN3O6S2/c1-27(23,24)18-13-8-12(17)4-3-11(13)6-10-2-5-14(15(21)7-10)20-9-16(22)19-28(20,25)26/h2-5,7-9,18-19,21-22H,6H2,1H3. The van der Waals surface area contributed by atoms with Crippen LogP contribution >= 0.6 is 11.6 Å². The normalized spacial score (nSPS) is 15.8. The van der Waals surface area contributed by atoms with Gasteiger partial charge in [-0.2, -0.15) is 8.42 Å². The topological polar surface area (TPSA) is 136 Å². The number of sulfonamides is 1. The highest BCUT2D eigenvalue weighted by molar-refractivity contribution is 7.92. The van der Waals surface area contributed by atoms with E-state index in [9.17, 15) is 27.0 Å². The van der Waals surface area contributed by atoms with Gasteiger partial charge in [-0.25, -0.2) is 17.4 Å². The molecule has 0 aromatic heterocycles. The number of halogens is 1. The summed E-state index contributed by atoms with van der Waals surface area (Å²) in [7, 11) is -7.55. The van der Waals surface area contributed by atoms with Crippen LogP contribution in [0.25, 0.3) is 0 Å². The Morgan fingerprint density at radius 3 is 2.46 bits per heavy atom. The van der Waals surface area contributed by atoms with E-state index < -0.39 is 26.1 Å². The van der Waals surface area contributed by atoms with Gasteiger partial charge in [0.1, 0.15) is 11.4 Å². The third-order valence-corrected chi connectivity index (χ3v) is 5.88. The predicted octanol–water partition coefficient (Wildman–Crippen LogP) is 2.02. The fraction of sp³-hybridized carbons (Fsp3) is 0.125. The minimum Gasteiger partial charge on any atom is -0.506 e. The van der Waals surface area contributed by atoms with Crippen molar-refractivity contribution in [3.8, 4) is 5.75 Å². The molecule has 28 heavy (non-hydrogen) atoms. The van der Waals surface area contributed by atoms with Crippen molar-refractivity contribution in [3.63, 3.8) is 0 Å². The monoisotopic (exact) mass is 445 g/mol. The van der Waals surface area contributed by atoms with Crippen LogP contribution in [0.5, 0.6) is 5.75 Å². The molecule has 4 N–H and O–H groups in total. The molecule has 12 heteroatoms. The fourth-order valence-corrected chi connectivity index (χ4v) is 4.50. The highest BCUT2D eigenvalue weighted by Gasteiger charge is 2.30. The van der Waals surface area contributed by atoms with Gasteiger partial charge in [0.15, 0.2) is 0 Å². The van der Waals surface area contributed by atoms with Crippen LogP contribution in [0.4, 0.5) is 11.4 Å². The van der Waals surface area contributed by atoms with E-state index in [0.717, 1.165) is 12.5 Å². The predicted molar refractivity (Wildman–Crippen MR) is 106 cm³/mol. The van der Waals surface area contributed by atoms with Crippen LogP contribution in [0.2, 0.25) is 5.02 Å². The summed E-state index contributed by atoms with van der Waals surface area (Å²) >= 11 is 5.94. The summed E-state index contributed by atoms with van der Waals surface area (Å²) in [6, 6.07) is 9.03. The Bertz CT molecular complexity index is 1180. The largest absolute Gasteiger partial charge is 0.506 e. The Kier molecular flexibility index (Phi) is 5.08. The minimum absolute atomic E-state index is 0.0501. The lowest BCUT2D eigenvalue weighted by molar-refractivity contribution is 0.392. The molecule has 1 aliphatic heterocycles. The van der Waals surface area contributed by atoms with E-state index in [-0.39, 0.29) is 17.9 Å². The Hall–Kier alpha value is -2.63. The van der Waals surface area contributed by atoms with E-state index in [1.165, 1.54) is 18.2 Å². The smallest absolute Gasteiger partial charge is 0.330 e. The van der Waals surface area contributed by atoms with E-state index in [1.807, 2.05) is 4.72 Å². The van der Waals surface area contributed by atoms with Crippen molar-refractivity contribution in [1.29, 1.82) is 0 Å². The summed E-state index contributed by atoms with van der Waals surface area (Å²) in [5.74, 6) is -0.901. The van der Waals surface area contributed by atoms with Crippen molar-refractivity contribution in [2.45, 2.75) is 6.42 Å². The van der Waals surface area contributed by atoms with Gasteiger partial charge in [0.25, 0.3) is 0 Å². The van der Waals surface area contributed by atoms with Crippen molar-refractivity contribution >= 4 is 43.2 Å². The average molecular weight is 446 g/mol. The lowest BCUT2D eigenvalue weighted by Crippen LogP contribution is -2.29. The highest BCUT2D eigenvalue weighted by Crippen LogP contribution is 2.34. The van der Waals surface area contributed by atoms with Gasteiger partial charge < -0.3 is 10.2 Å². The molecule has 1 aliphatic rings. The van der Waals surface area contributed by atoms with Gasteiger partial charge in [-0.3, -0.25) is 4.72 Å². The fourth-order valence-electron chi connectivity index (χ4n) is 2.67. The second-order valence-corrected chi connectivity index (χ2v) is 9.83. The summed E-state index contributed by atoms with van der Waals surface area (Å²) in [5, 5.41) is 20.0. The first-order chi connectivity index (χ1) is 12.9. The molecule has 0 unspecified atom stereocenters. The summed E-state index contributed by atoms with van der Waals surface area (Å²) in [6.07, 6.45) is 2.19. The molecule has 0 fully saturated rings. The second kappa shape index (κ2) is 7.08. The first-order valence-electron chi connectivity index (χ1n) is 7.76. The summed E-state index contributed by atoms with van der Waals surface area (Å²) in [4.78, 5) is 0. The van der Waals surface area contributed by atoms with Gasteiger partial charge in [0.2, 0.25) is 15.9 Å². The molecule has 0 saturated carbocycles. The second-order valence-electron chi connectivity index (χ2n) is 6.09. The SMILES string of the molecule is CS(=O)(=O)Nc1cc(Cl)ccc1Cc1ccc(N2C=C(O)NS2(=O)=O)c(O)c1. The lowest BCUT2D eigenvalue weighted by atomic mass is 10.0. The van der Waals surface area contributed by atoms with Crippen LogP contribution in [0.3, 0.4) is 0 Å². The van der Waals surface area contributed by atoms with E-state index >= 15 is 0 Å². The number of aliphatic hydroxyl groups excluding tert-OH is 1. The Labute approximate surface area is 167 Å². The molecule has 0 atom stereocenters. The number of anilines is 2. The first-order valence-corrected chi connectivity index (χ1v) is 11.5. The third kappa shape index (κ3) is 4.43. The lowest BCUT2D eigenvalue weighted by Gasteiger charge is -2.16. The Balaban J connectivity index is 1.92. The number of benzene rings is 2. The molecule has 0 amide bonds. The molecule has 0 radical (unpaired) electrons. The highest BCUT2D eigenvalue weighted by atomic mass is 35.5.